The molecule has 0 aliphatic heterocycles. The van der Waals surface area contributed by atoms with Crippen molar-refractivity contribution in [1.82, 2.24) is 5.32 Å². The highest BCUT2D eigenvalue weighted by atomic mass is 16.6. The van der Waals surface area contributed by atoms with Crippen molar-refractivity contribution in [2.75, 3.05) is 30.4 Å². The molecule has 0 aliphatic carbocycles. The van der Waals surface area contributed by atoms with Crippen LogP contribution in [0.1, 0.15) is 36.7 Å². The van der Waals surface area contributed by atoms with Crippen LogP contribution in [-0.4, -0.2) is 49.5 Å². The van der Waals surface area contributed by atoms with Gasteiger partial charge < -0.3 is 20.1 Å². The molecule has 9 nitrogen and oxygen atoms in total. The fourth-order valence-electron chi connectivity index (χ4n) is 3.58. The summed E-state index contributed by atoms with van der Waals surface area (Å²) < 4.78 is 10.6. The number of hydrogen-bond donors (Lipinski definition) is 2. The molecule has 3 aromatic carbocycles. The van der Waals surface area contributed by atoms with Gasteiger partial charge >= 0.3 is 12.0 Å². The molecule has 0 aromatic heterocycles. The molecule has 2 N–H and O–H groups in total. The number of amides is 3. The second-order valence-corrected chi connectivity index (χ2v) is 9.32. The number of carbonyl (C=O) groups is 4. The van der Waals surface area contributed by atoms with Gasteiger partial charge in [0.15, 0.2) is 5.78 Å². The van der Waals surface area contributed by atoms with E-state index >= 15 is 0 Å². The number of anilines is 2. The number of esters is 1. The van der Waals surface area contributed by atoms with Gasteiger partial charge in [0.1, 0.15) is 17.9 Å². The van der Waals surface area contributed by atoms with Crippen LogP contribution in [0.2, 0.25) is 0 Å². The summed E-state index contributed by atoms with van der Waals surface area (Å²) in [5.74, 6) is -1.02. The fourth-order valence-corrected chi connectivity index (χ4v) is 3.58. The molecule has 3 rings (SSSR count). The van der Waals surface area contributed by atoms with Gasteiger partial charge in [-0.25, -0.2) is 4.79 Å². The van der Waals surface area contributed by atoms with Crippen LogP contribution in [0, 0.1) is 0 Å². The van der Waals surface area contributed by atoms with Crippen molar-refractivity contribution in [3.05, 3.63) is 90.0 Å². The largest absolute Gasteiger partial charge is 0.497 e. The van der Waals surface area contributed by atoms with Gasteiger partial charge in [-0.2, -0.15) is 0 Å². The Bertz CT molecular complexity index is 1300. The second kappa shape index (κ2) is 12.5. The van der Waals surface area contributed by atoms with E-state index < -0.39 is 36.6 Å². The highest BCUT2D eigenvalue weighted by Gasteiger charge is 2.27. The molecule has 0 spiro atoms. The molecule has 38 heavy (non-hydrogen) atoms. The molecule has 0 unspecified atom stereocenters. The minimum absolute atomic E-state index is 0.229. The first kappa shape index (κ1) is 27.9. The van der Waals surface area contributed by atoms with E-state index in [4.69, 9.17) is 9.47 Å². The molecule has 0 saturated carbocycles. The van der Waals surface area contributed by atoms with E-state index in [1.54, 1.807) is 99.6 Å². The SMILES string of the molecule is COc1cccc(NC(=O)NCC(=O)N(CC(=O)OC(C)(C)C)c2ccccc2C(=O)c2ccccc2)c1. The summed E-state index contributed by atoms with van der Waals surface area (Å²) in [6.07, 6.45) is 0. The quantitative estimate of drug-likeness (QED) is 0.321. The summed E-state index contributed by atoms with van der Waals surface area (Å²) in [6, 6.07) is 21.2. The highest BCUT2D eigenvalue weighted by Crippen LogP contribution is 2.24. The van der Waals surface area contributed by atoms with Crippen molar-refractivity contribution in [2.45, 2.75) is 26.4 Å². The Morgan fingerprint density at radius 2 is 1.55 bits per heavy atom. The zero-order chi connectivity index (χ0) is 27.7. The maximum absolute atomic E-state index is 13.4. The number of urea groups is 1. The summed E-state index contributed by atoms with van der Waals surface area (Å²) in [4.78, 5) is 53.0. The molecule has 0 heterocycles. The number of ketones is 1. The van der Waals surface area contributed by atoms with E-state index in [1.807, 2.05) is 0 Å². The standard InChI is InChI=1S/C29H31N3O6/c1-29(2,3)38-26(34)19-32(24-16-9-8-15-23(24)27(35)20-11-6-5-7-12-20)25(33)18-30-28(36)31-21-13-10-14-22(17-21)37-4/h5-17H,18-19H2,1-4H3,(H2,30,31,36). The molecule has 0 saturated heterocycles. The Kier molecular flexibility index (Phi) is 9.21. The molecule has 9 heteroatoms. The van der Waals surface area contributed by atoms with Crippen molar-refractivity contribution in [1.29, 1.82) is 0 Å². The van der Waals surface area contributed by atoms with Gasteiger partial charge in [-0.3, -0.25) is 19.3 Å². The number of hydrogen-bond acceptors (Lipinski definition) is 6. The molecule has 3 amide bonds. The van der Waals surface area contributed by atoms with Crippen LogP contribution >= 0.6 is 0 Å². The summed E-state index contributed by atoms with van der Waals surface area (Å²) in [5.41, 5.74) is 0.586. The molecule has 0 fully saturated rings. The molecular formula is C29H31N3O6. The number of nitrogens with zero attached hydrogens (tertiary/aromatic N) is 1. The molecule has 0 radical (unpaired) electrons. The first-order valence-electron chi connectivity index (χ1n) is 12.0. The van der Waals surface area contributed by atoms with Crippen LogP contribution in [0.5, 0.6) is 5.75 Å². The lowest BCUT2D eigenvalue weighted by molar-refractivity contribution is -0.153. The molecule has 0 aliphatic rings. The molecule has 3 aromatic rings. The molecular weight excluding hydrogens is 486 g/mol. The summed E-state index contributed by atoms with van der Waals surface area (Å²) in [5, 5.41) is 5.13. The Morgan fingerprint density at radius 3 is 2.24 bits per heavy atom. The zero-order valence-electron chi connectivity index (χ0n) is 21.8. The number of nitrogens with one attached hydrogen (secondary N) is 2. The zero-order valence-corrected chi connectivity index (χ0v) is 21.8. The van der Waals surface area contributed by atoms with Crippen LogP contribution in [0.15, 0.2) is 78.9 Å². The first-order valence-corrected chi connectivity index (χ1v) is 12.0. The van der Waals surface area contributed by atoms with Crippen molar-refractivity contribution in [3.63, 3.8) is 0 Å². The maximum Gasteiger partial charge on any atom is 0.326 e. The van der Waals surface area contributed by atoms with E-state index in [9.17, 15) is 19.2 Å². The van der Waals surface area contributed by atoms with Gasteiger partial charge in [-0.05, 0) is 45.0 Å². The Labute approximate surface area is 221 Å². The highest BCUT2D eigenvalue weighted by molar-refractivity contribution is 6.15. The molecule has 198 valence electrons. The average molecular weight is 518 g/mol. The van der Waals surface area contributed by atoms with E-state index in [0.29, 0.717) is 17.0 Å². The second-order valence-electron chi connectivity index (χ2n) is 9.32. The van der Waals surface area contributed by atoms with E-state index in [0.717, 1.165) is 4.90 Å². The van der Waals surface area contributed by atoms with Gasteiger partial charge in [0, 0.05) is 22.9 Å². The van der Waals surface area contributed by atoms with Crippen LogP contribution in [0.25, 0.3) is 0 Å². The lowest BCUT2D eigenvalue weighted by Gasteiger charge is -2.27. The number of methoxy groups -OCH3 is 1. The normalized spacial score (nSPS) is 10.7. The molecule has 0 bridgehead atoms. The number of para-hydroxylation sites is 1. The van der Waals surface area contributed by atoms with Crippen molar-refractivity contribution in [2.24, 2.45) is 0 Å². The Balaban J connectivity index is 1.83. The first-order chi connectivity index (χ1) is 18.1. The smallest absolute Gasteiger partial charge is 0.326 e. The van der Waals surface area contributed by atoms with Crippen molar-refractivity contribution in [3.8, 4) is 5.75 Å². The van der Waals surface area contributed by atoms with Crippen LogP contribution < -0.4 is 20.3 Å². The predicted molar refractivity (Wildman–Crippen MR) is 145 cm³/mol. The molecule has 0 atom stereocenters. The lowest BCUT2D eigenvalue weighted by atomic mass is 10.0. The lowest BCUT2D eigenvalue weighted by Crippen LogP contribution is -2.45. The van der Waals surface area contributed by atoms with Crippen LogP contribution in [0.4, 0.5) is 16.2 Å². The van der Waals surface area contributed by atoms with Gasteiger partial charge in [-0.15, -0.1) is 0 Å². The Hall–Kier alpha value is -4.66. The van der Waals surface area contributed by atoms with Crippen molar-refractivity contribution >= 4 is 35.1 Å². The van der Waals surface area contributed by atoms with Gasteiger partial charge in [0.25, 0.3) is 0 Å². The van der Waals surface area contributed by atoms with Crippen LogP contribution in [-0.2, 0) is 14.3 Å². The maximum atomic E-state index is 13.4. The van der Waals surface area contributed by atoms with Gasteiger partial charge in [-0.1, -0.05) is 48.5 Å². The fraction of sp³-hybridized carbons (Fsp3) is 0.241. The van der Waals surface area contributed by atoms with Crippen LogP contribution in [0.3, 0.4) is 0 Å². The number of carbonyl (C=O) groups excluding carboxylic acids is 4. The minimum Gasteiger partial charge on any atom is -0.497 e. The third-order valence-electron chi connectivity index (χ3n) is 5.21. The van der Waals surface area contributed by atoms with E-state index in [-0.39, 0.29) is 17.0 Å². The van der Waals surface area contributed by atoms with E-state index in [2.05, 4.69) is 10.6 Å². The summed E-state index contributed by atoms with van der Waals surface area (Å²) in [7, 11) is 1.51. The van der Waals surface area contributed by atoms with E-state index in [1.165, 1.54) is 7.11 Å². The minimum atomic E-state index is -0.778. The third kappa shape index (κ3) is 7.92. The monoisotopic (exact) mass is 517 g/mol. The summed E-state index contributed by atoms with van der Waals surface area (Å²) >= 11 is 0. The number of benzene rings is 3. The Morgan fingerprint density at radius 1 is 0.868 bits per heavy atom. The third-order valence-corrected chi connectivity index (χ3v) is 5.21. The van der Waals surface area contributed by atoms with Gasteiger partial charge in [0.05, 0.1) is 19.3 Å². The summed E-state index contributed by atoms with van der Waals surface area (Å²) in [6.45, 7) is 4.26. The topological polar surface area (TPSA) is 114 Å². The number of rotatable bonds is 9. The average Bonchev–Trinajstić information content (AvgIpc) is 2.89. The predicted octanol–water partition coefficient (Wildman–Crippen LogP) is 4.42. The number of ether oxygens (including phenoxy) is 2. The van der Waals surface area contributed by atoms with Gasteiger partial charge in [0.2, 0.25) is 5.91 Å². The van der Waals surface area contributed by atoms with Crippen molar-refractivity contribution < 1.29 is 28.7 Å².